The molecule has 5 heteroatoms. The van der Waals surface area contributed by atoms with E-state index in [4.69, 9.17) is 4.74 Å². The monoisotopic (exact) mass is 338 g/mol. The molecule has 2 saturated heterocycles. The predicted octanol–water partition coefficient (Wildman–Crippen LogP) is 2.36. The maximum absolute atomic E-state index is 11.9. The lowest BCUT2D eigenvalue weighted by Crippen LogP contribution is -2.60. The van der Waals surface area contributed by atoms with Gasteiger partial charge in [-0.1, -0.05) is 30.3 Å². The second kappa shape index (κ2) is 7.65. The molecule has 2 heterocycles. The molecule has 23 heavy (non-hydrogen) atoms. The summed E-state index contributed by atoms with van der Waals surface area (Å²) < 4.78 is 6.09. The van der Waals surface area contributed by atoms with Crippen LogP contribution in [0.1, 0.15) is 25.3 Å². The zero-order valence-corrected chi connectivity index (χ0v) is 14.8. The maximum Gasteiger partial charge on any atom is 0.251 e. The Balaban J connectivity index is 0.00000192. The van der Waals surface area contributed by atoms with Crippen molar-refractivity contribution in [1.29, 1.82) is 0 Å². The van der Waals surface area contributed by atoms with Gasteiger partial charge in [-0.05, 0) is 31.7 Å². The number of rotatable bonds is 3. The lowest BCUT2D eigenvalue weighted by molar-refractivity contribution is -0.186. The van der Waals surface area contributed by atoms with Crippen LogP contribution in [0, 0.1) is 0 Å². The van der Waals surface area contributed by atoms with Gasteiger partial charge in [-0.15, -0.1) is 12.4 Å². The van der Waals surface area contributed by atoms with E-state index in [1.54, 1.807) is 0 Å². The van der Waals surface area contributed by atoms with Crippen LogP contribution in [0.2, 0.25) is 0 Å². The molecule has 0 bridgehead atoms. The molecule has 3 rings (SSSR count). The molecule has 1 amide bonds. The number of amides is 1. The molecule has 0 aromatic heterocycles. The summed E-state index contributed by atoms with van der Waals surface area (Å²) in [6.07, 6.45) is 2.84. The molecule has 2 aliphatic heterocycles. The third kappa shape index (κ3) is 4.25. The van der Waals surface area contributed by atoms with Crippen LogP contribution in [0.4, 0.5) is 0 Å². The Bertz CT molecular complexity index is 499. The van der Waals surface area contributed by atoms with E-state index in [2.05, 4.69) is 35.2 Å². The molecule has 4 nitrogen and oxygen atoms in total. The van der Waals surface area contributed by atoms with Crippen LogP contribution in [0.25, 0.3) is 0 Å². The summed E-state index contributed by atoms with van der Waals surface area (Å²) in [5.74, 6) is 0.108. The molecule has 128 valence electrons. The first-order valence-corrected chi connectivity index (χ1v) is 8.27. The van der Waals surface area contributed by atoms with E-state index in [1.807, 2.05) is 18.9 Å². The third-order valence-electron chi connectivity index (χ3n) is 5.00. The van der Waals surface area contributed by atoms with Gasteiger partial charge in [0, 0.05) is 33.2 Å². The van der Waals surface area contributed by atoms with E-state index in [-0.39, 0.29) is 30.0 Å². The minimum Gasteiger partial charge on any atom is -0.360 e. The Morgan fingerprint density at radius 1 is 1.22 bits per heavy atom. The topological polar surface area (TPSA) is 32.8 Å². The minimum absolute atomic E-state index is 0. The van der Waals surface area contributed by atoms with Crippen molar-refractivity contribution in [2.24, 2.45) is 0 Å². The number of morpholine rings is 1. The standard InChI is InChI=1S/C18H26N2O2.ClH/c1-15-17(21)19(2)14-18(22-15)9-12-20(13-10-18)11-8-16-6-4-3-5-7-16;/h3-7,15H,8-14H2,1-2H3;1H. The molecule has 2 fully saturated rings. The van der Waals surface area contributed by atoms with Crippen LogP contribution in [0.3, 0.4) is 0 Å². The van der Waals surface area contributed by atoms with Crippen molar-refractivity contribution < 1.29 is 9.53 Å². The summed E-state index contributed by atoms with van der Waals surface area (Å²) in [5, 5.41) is 0. The first-order valence-electron chi connectivity index (χ1n) is 8.27. The van der Waals surface area contributed by atoms with Crippen molar-refractivity contribution in [2.75, 3.05) is 33.2 Å². The van der Waals surface area contributed by atoms with Gasteiger partial charge in [-0.3, -0.25) is 4.79 Å². The van der Waals surface area contributed by atoms with Crippen LogP contribution >= 0.6 is 12.4 Å². The van der Waals surface area contributed by atoms with E-state index >= 15 is 0 Å². The van der Waals surface area contributed by atoms with Crippen molar-refractivity contribution in [3.8, 4) is 0 Å². The average Bonchev–Trinajstić information content (AvgIpc) is 2.53. The number of hydrogen-bond donors (Lipinski definition) is 0. The van der Waals surface area contributed by atoms with Gasteiger partial charge in [0.2, 0.25) is 0 Å². The molecule has 0 aliphatic carbocycles. The van der Waals surface area contributed by atoms with E-state index in [0.717, 1.165) is 45.4 Å². The number of carbonyl (C=O) groups is 1. The van der Waals surface area contributed by atoms with Crippen molar-refractivity contribution in [1.82, 2.24) is 9.80 Å². The summed E-state index contributed by atoms with van der Waals surface area (Å²) in [4.78, 5) is 16.2. The molecule has 1 spiro atoms. The Morgan fingerprint density at radius 2 is 1.87 bits per heavy atom. The predicted molar refractivity (Wildman–Crippen MR) is 94.0 cm³/mol. The van der Waals surface area contributed by atoms with E-state index in [0.29, 0.717) is 0 Å². The molecule has 0 saturated carbocycles. The molecule has 1 unspecified atom stereocenters. The van der Waals surface area contributed by atoms with Gasteiger partial charge in [-0.2, -0.15) is 0 Å². The van der Waals surface area contributed by atoms with Gasteiger partial charge >= 0.3 is 0 Å². The molecule has 0 N–H and O–H groups in total. The second-order valence-electron chi connectivity index (χ2n) is 6.71. The highest BCUT2D eigenvalue weighted by molar-refractivity contribution is 5.85. The van der Waals surface area contributed by atoms with Crippen molar-refractivity contribution in [3.05, 3.63) is 35.9 Å². The lowest BCUT2D eigenvalue weighted by Gasteiger charge is -2.48. The van der Waals surface area contributed by atoms with Crippen LogP contribution < -0.4 is 0 Å². The molecular weight excluding hydrogens is 312 g/mol. The number of piperidine rings is 1. The minimum atomic E-state index is -0.297. The smallest absolute Gasteiger partial charge is 0.251 e. The SMILES string of the molecule is CC1OC2(CCN(CCc3ccccc3)CC2)CN(C)C1=O.Cl. The first kappa shape index (κ1) is 18.2. The number of likely N-dealkylation sites (tertiary alicyclic amines) is 1. The fraction of sp³-hybridized carbons (Fsp3) is 0.611. The van der Waals surface area contributed by atoms with Gasteiger partial charge in [0.15, 0.2) is 0 Å². The number of hydrogen-bond acceptors (Lipinski definition) is 3. The number of halogens is 1. The molecule has 1 aromatic rings. The number of nitrogens with zero attached hydrogens (tertiary/aromatic N) is 2. The van der Waals surface area contributed by atoms with Gasteiger partial charge in [0.1, 0.15) is 6.10 Å². The highest BCUT2D eigenvalue weighted by Crippen LogP contribution is 2.32. The number of carbonyl (C=O) groups excluding carboxylic acids is 1. The molecule has 1 aromatic carbocycles. The zero-order valence-electron chi connectivity index (χ0n) is 14.0. The van der Waals surface area contributed by atoms with Crippen molar-refractivity contribution in [2.45, 2.75) is 37.9 Å². The Labute approximate surface area is 145 Å². The maximum atomic E-state index is 11.9. The molecular formula is C18H27ClN2O2. The van der Waals surface area contributed by atoms with Gasteiger partial charge in [0.25, 0.3) is 5.91 Å². The number of benzene rings is 1. The van der Waals surface area contributed by atoms with E-state index in [9.17, 15) is 4.79 Å². The highest BCUT2D eigenvalue weighted by Gasteiger charge is 2.43. The van der Waals surface area contributed by atoms with E-state index < -0.39 is 0 Å². The zero-order chi connectivity index (χ0) is 15.6. The molecule has 2 aliphatic rings. The van der Waals surface area contributed by atoms with Gasteiger partial charge < -0.3 is 14.5 Å². The number of likely N-dealkylation sites (N-methyl/N-ethyl adjacent to an activating group) is 1. The summed E-state index contributed by atoms with van der Waals surface area (Å²) in [5.41, 5.74) is 1.28. The quantitative estimate of drug-likeness (QED) is 0.848. The van der Waals surface area contributed by atoms with Crippen LogP contribution in [0.15, 0.2) is 30.3 Å². The van der Waals surface area contributed by atoms with E-state index in [1.165, 1.54) is 5.56 Å². The summed E-state index contributed by atoms with van der Waals surface area (Å²) in [7, 11) is 1.89. The first-order chi connectivity index (χ1) is 10.6. The van der Waals surface area contributed by atoms with Crippen molar-refractivity contribution >= 4 is 18.3 Å². The largest absolute Gasteiger partial charge is 0.360 e. The van der Waals surface area contributed by atoms with Crippen molar-refractivity contribution in [3.63, 3.8) is 0 Å². The Kier molecular flexibility index (Phi) is 6.06. The summed E-state index contributed by atoms with van der Waals surface area (Å²) in [6, 6.07) is 10.7. The Morgan fingerprint density at radius 3 is 2.48 bits per heavy atom. The third-order valence-corrected chi connectivity index (χ3v) is 5.00. The van der Waals surface area contributed by atoms with Crippen LogP contribution in [-0.4, -0.2) is 60.6 Å². The summed E-state index contributed by atoms with van der Waals surface area (Å²) >= 11 is 0. The second-order valence-corrected chi connectivity index (χ2v) is 6.71. The lowest BCUT2D eigenvalue weighted by atomic mass is 9.88. The van der Waals surface area contributed by atoms with Crippen LogP contribution in [0.5, 0.6) is 0 Å². The molecule has 0 radical (unpaired) electrons. The Hall–Kier alpha value is -1.10. The highest BCUT2D eigenvalue weighted by atomic mass is 35.5. The fourth-order valence-corrected chi connectivity index (χ4v) is 3.68. The van der Waals surface area contributed by atoms with Gasteiger partial charge in [-0.25, -0.2) is 0 Å². The summed E-state index contributed by atoms with van der Waals surface area (Å²) in [6.45, 7) is 5.83. The average molecular weight is 339 g/mol. The number of ether oxygens (including phenoxy) is 1. The fourth-order valence-electron chi connectivity index (χ4n) is 3.68. The van der Waals surface area contributed by atoms with Crippen LogP contribution in [-0.2, 0) is 16.0 Å². The molecule has 1 atom stereocenters. The normalized spacial score (nSPS) is 24.5. The van der Waals surface area contributed by atoms with Gasteiger partial charge in [0.05, 0.1) is 5.60 Å².